The Morgan fingerprint density at radius 3 is 2.57 bits per heavy atom. The van der Waals surface area contributed by atoms with Crippen LogP contribution in [0.5, 0.6) is 0 Å². The SMILES string of the molecule is CC(C)(C)C(=O)N(CC(=O)Nc1ccon1)CC1CCCCC1. The monoisotopic (exact) mass is 321 g/mol. The first-order valence-electron chi connectivity index (χ1n) is 8.36. The highest BCUT2D eigenvalue weighted by Gasteiger charge is 2.30. The number of hydrogen-bond acceptors (Lipinski definition) is 4. The smallest absolute Gasteiger partial charge is 0.245 e. The summed E-state index contributed by atoms with van der Waals surface area (Å²) in [5, 5.41) is 6.32. The summed E-state index contributed by atoms with van der Waals surface area (Å²) in [6.07, 6.45) is 7.38. The molecule has 6 heteroatoms. The minimum Gasteiger partial charge on any atom is -0.363 e. The summed E-state index contributed by atoms with van der Waals surface area (Å²) in [6, 6.07) is 1.58. The van der Waals surface area contributed by atoms with Crippen molar-refractivity contribution in [1.29, 1.82) is 0 Å². The largest absolute Gasteiger partial charge is 0.363 e. The van der Waals surface area contributed by atoms with Crippen molar-refractivity contribution in [3.63, 3.8) is 0 Å². The molecule has 2 amide bonds. The van der Waals surface area contributed by atoms with Gasteiger partial charge >= 0.3 is 0 Å². The van der Waals surface area contributed by atoms with Gasteiger partial charge < -0.3 is 14.7 Å². The van der Waals surface area contributed by atoms with Gasteiger partial charge in [-0.15, -0.1) is 0 Å². The molecule has 1 heterocycles. The van der Waals surface area contributed by atoms with E-state index in [4.69, 9.17) is 4.52 Å². The summed E-state index contributed by atoms with van der Waals surface area (Å²) >= 11 is 0. The van der Waals surface area contributed by atoms with E-state index in [0.29, 0.717) is 18.3 Å². The van der Waals surface area contributed by atoms with Gasteiger partial charge in [0.15, 0.2) is 5.82 Å². The van der Waals surface area contributed by atoms with Gasteiger partial charge in [-0.3, -0.25) is 9.59 Å². The second kappa shape index (κ2) is 7.62. The molecule has 1 aromatic rings. The number of anilines is 1. The summed E-state index contributed by atoms with van der Waals surface area (Å²) in [6.45, 7) is 6.37. The summed E-state index contributed by atoms with van der Waals surface area (Å²) in [4.78, 5) is 26.6. The molecule has 1 aliphatic carbocycles. The topological polar surface area (TPSA) is 75.4 Å². The number of carbonyl (C=O) groups is 2. The van der Waals surface area contributed by atoms with Crippen molar-refractivity contribution in [3.05, 3.63) is 12.3 Å². The van der Waals surface area contributed by atoms with Crippen molar-refractivity contribution < 1.29 is 14.1 Å². The molecule has 128 valence electrons. The zero-order chi connectivity index (χ0) is 16.9. The van der Waals surface area contributed by atoms with Crippen LogP contribution in [0.4, 0.5) is 5.82 Å². The Bertz CT molecular complexity index is 514. The van der Waals surface area contributed by atoms with Crippen LogP contribution < -0.4 is 5.32 Å². The average Bonchev–Trinajstić information content (AvgIpc) is 2.98. The standard InChI is InChI=1S/C17H27N3O3/c1-17(2,3)16(22)20(11-13-7-5-4-6-8-13)12-15(21)18-14-9-10-23-19-14/h9-10,13H,4-8,11-12H2,1-3H3,(H,18,19,21). The summed E-state index contributed by atoms with van der Waals surface area (Å²) in [5.41, 5.74) is -0.497. The molecule has 0 aromatic carbocycles. The van der Waals surface area contributed by atoms with Gasteiger partial charge in [-0.2, -0.15) is 0 Å². The molecule has 0 bridgehead atoms. The van der Waals surface area contributed by atoms with Gasteiger partial charge in [0, 0.05) is 18.0 Å². The molecule has 0 aliphatic heterocycles. The predicted octanol–water partition coefficient (Wildman–Crippen LogP) is 3.07. The van der Waals surface area contributed by atoms with E-state index in [0.717, 1.165) is 12.8 Å². The van der Waals surface area contributed by atoms with Gasteiger partial charge in [0.2, 0.25) is 11.8 Å². The Hall–Kier alpha value is -1.85. The highest BCUT2D eigenvalue weighted by molar-refractivity contribution is 5.94. The van der Waals surface area contributed by atoms with Gasteiger partial charge in [0.25, 0.3) is 0 Å². The van der Waals surface area contributed by atoms with E-state index in [9.17, 15) is 9.59 Å². The molecular weight excluding hydrogens is 294 g/mol. The van der Waals surface area contributed by atoms with Crippen molar-refractivity contribution >= 4 is 17.6 Å². The number of rotatable bonds is 5. The van der Waals surface area contributed by atoms with E-state index in [2.05, 4.69) is 10.5 Å². The van der Waals surface area contributed by atoms with Crippen LogP contribution in [0.25, 0.3) is 0 Å². The number of amides is 2. The molecule has 1 N–H and O–H groups in total. The van der Waals surface area contributed by atoms with E-state index < -0.39 is 5.41 Å². The van der Waals surface area contributed by atoms with Crippen molar-refractivity contribution in [2.75, 3.05) is 18.4 Å². The maximum absolute atomic E-state index is 12.7. The van der Waals surface area contributed by atoms with E-state index in [-0.39, 0.29) is 18.4 Å². The van der Waals surface area contributed by atoms with Crippen LogP contribution in [-0.4, -0.2) is 35.0 Å². The van der Waals surface area contributed by atoms with Gasteiger partial charge in [0.1, 0.15) is 6.26 Å². The molecule has 1 saturated carbocycles. The maximum atomic E-state index is 12.7. The lowest BCUT2D eigenvalue weighted by molar-refractivity contribution is -0.142. The Morgan fingerprint density at radius 1 is 1.30 bits per heavy atom. The summed E-state index contributed by atoms with van der Waals surface area (Å²) < 4.78 is 4.70. The van der Waals surface area contributed by atoms with Crippen LogP contribution >= 0.6 is 0 Å². The lowest BCUT2D eigenvalue weighted by Crippen LogP contribution is -2.46. The average molecular weight is 321 g/mol. The first-order chi connectivity index (χ1) is 10.9. The molecule has 1 fully saturated rings. The molecule has 2 rings (SSSR count). The fourth-order valence-corrected chi connectivity index (χ4v) is 3.01. The summed E-state index contributed by atoms with van der Waals surface area (Å²) in [7, 11) is 0. The molecule has 0 radical (unpaired) electrons. The first-order valence-corrected chi connectivity index (χ1v) is 8.36. The van der Waals surface area contributed by atoms with Gasteiger partial charge in [-0.1, -0.05) is 45.2 Å². The molecule has 1 aromatic heterocycles. The molecule has 0 unspecified atom stereocenters. The highest BCUT2D eigenvalue weighted by Crippen LogP contribution is 2.26. The molecule has 6 nitrogen and oxygen atoms in total. The van der Waals surface area contributed by atoms with Crippen LogP contribution in [0, 0.1) is 11.3 Å². The minimum absolute atomic E-state index is 0.0124. The number of aromatic nitrogens is 1. The second-order valence-corrected chi connectivity index (χ2v) is 7.37. The fraction of sp³-hybridized carbons (Fsp3) is 0.706. The van der Waals surface area contributed by atoms with Crippen molar-refractivity contribution in [2.45, 2.75) is 52.9 Å². The van der Waals surface area contributed by atoms with E-state index in [1.54, 1.807) is 11.0 Å². The minimum atomic E-state index is -0.497. The van der Waals surface area contributed by atoms with Crippen LogP contribution in [0.15, 0.2) is 16.9 Å². The highest BCUT2D eigenvalue weighted by atomic mass is 16.5. The van der Waals surface area contributed by atoms with Crippen LogP contribution in [0.1, 0.15) is 52.9 Å². The third-order valence-electron chi connectivity index (χ3n) is 4.17. The second-order valence-electron chi connectivity index (χ2n) is 7.37. The van der Waals surface area contributed by atoms with Gasteiger partial charge in [-0.05, 0) is 18.8 Å². The number of nitrogens with zero attached hydrogens (tertiary/aromatic N) is 2. The number of carbonyl (C=O) groups excluding carboxylic acids is 2. The van der Waals surface area contributed by atoms with E-state index in [1.807, 2.05) is 20.8 Å². The molecule has 0 spiro atoms. The van der Waals surface area contributed by atoms with E-state index >= 15 is 0 Å². The zero-order valence-electron chi connectivity index (χ0n) is 14.3. The molecule has 23 heavy (non-hydrogen) atoms. The number of hydrogen-bond donors (Lipinski definition) is 1. The molecular formula is C17H27N3O3. The van der Waals surface area contributed by atoms with E-state index in [1.165, 1.54) is 25.5 Å². The number of nitrogens with one attached hydrogen (secondary N) is 1. The third kappa shape index (κ3) is 5.37. The van der Waals surface area contributed by atoms with Crippen LogP contribution in [0.3, 0.4) is 0 Å². The Labute approximate surface area is 137 Å². The Kier molecular flexibility index (Phi) is 5.80. The summed E-state index contributed by atoms with van der Waals surface area (Å²) in [5.74, 6) is 0.636. The Balaban J connectivity index is 1.99. The maximum Gasteiger partial charge on any atom is 0.245 e. The first kappa shape index (κ1) is 17.5. The quantitative estimate of drug-likeness (QED) is 0.904. The van der Waals surface area contributed by atoms with Gasteiger partial charge in [0.05, 0.1) is 6.54 Å². The molecule has 1 aliphatic rings. The normalized spacial score (nSPS) is 16.1. The fourth-order valence-electron chi connectivity index (χ4n) is 3.01. The van der Waals surface area contributed by atoms with Crippen molar-refractivity contribution in [2.24, 2.45) is 11.3 Å². The molecule has 0 atom stereocenters. The van der Waals surface area contributed by atoms with Crippen LogP contribution in [-0.2, 0) is 9.59 Å². The zero-order valence-corrected chi connectivity index (χ0v) is 14.3. The lowest BCUT2D eigenvalue weighted by atomic mass is 9.87. The molecule has 0 saturated heterocycles. The van der Waals surface area contributed by atoms with Gasteiger partial charge in [-0.25, -0.2) is 0 Å². The Morgan fingerprint density at radius 2 is 2.00 bits per heavy atom. The third-order valence-corrected chi connectivity index (χ3v) is 4.17. The predicted molar refractivity (Wildman–Crippen MR) is 87.7 cm³/mol. The van der Waals surface area contributed by atoms with Crippen molar-refractivity contribution in [1.82, 2.24) is 10.1 Å². The lowest BCUT2D eigenvalue weighted by Gasteiger charge is -2.33. The van der Waals surface area contributed by atoms with Crippen molar-refractivity contribution in [3.8, 4) is 0 Å². The van der Waals surface area contributed by atoms with Crippen LogP contribution in [0.2, 0.25) is 0 Å².